The Balaban J connectivity index is 1.30. The van der Waals surface area contributed by atoms with Crippen molar-refractivity contribution in [3.63, 3.8) is 0 Å². The highest BCUT2D eigenvalue weighted by molar-refractivity contribution is 5.50. The van der Waals surface area contributed by atoms with Crippen LogP contribution in [0.2, 0.25) is 0 Å². The molecule has 6 nitrogen and oxygen atoms in total. The zero-order valence-electron chi connectivity index (χ0n) is 19.1. The second kappa shape index (κ2) is 7.75. The van der Waals surface area contributed by atoms with E-state index in [-0.39, 0.29) is 17.1 Å². The lowest BCUT2D eigenvalue weighted by Crippen LogP contribution is -2.54. The molecule has 4 heterocycles. The number of likely N-dealkylation sites (tertiary alicyclic amines) is 1. The largest absolute Gasteiger partial charge is 0.493 e. The molecule has 2 aromatic rings. The van der Waals surface area contributed by atoms with E-state index in [1.807, 2.05) is 31.3 Å². The first-order valence-electron chi connectivity index (χ1n) is 11.4. The molecule has 1 aromatic carbocycles. The third kappa shape index (κ3) is 3.80. The van der Waals surface area contributed by atoms with E-state index >= 15 is 0 Å². The lowest BCUT2D eigenvalue weighted by Gasteiger charge is -2.54. The van der Waals surface area contributed by atoms with Gasteiger partial charge in [0.2, 0.25) is 0 Å². The summed E-state index contributed by atoms with van der Waals surface area (Å²) in [4.78, 5) is 11.3. The molecule has 3 aliphatic heterocycles. The second-order valence-electron chi connectivity index (χ2n) is 10.00. The highest BCUT2D eigenvalue weighted by atomic mass is 16.5. The average Bonchev–Trinajstić information content (AvgIpc) is 2.75. The molecule has 3 aliphatic rings. The maximum absolute atomic E-state index is 6.63. The zero-order chi connectivity index (χ0) is 21.6. The van der Waals surface area contributed by atoms with Gasteiger partial charge in [0.15, 0.2) is 11.5 Å². The summed E-state index contributed by atoms with van der Waals surface area (Å²) in [7, 11) is 1.70. The Morgan fingerprint density at radius 2 is 2.00 bits per heavy atom. The number of nitrogens with zero attached hydrogens (tertiary/aromatic N) is 3. The third-order valence-electron chi connectivity index (χ3n) is 7.52. The maximum atomic E-state index is 6.63. The summed E-state index contributed by atoms with van der Waals surface area (Å²) in [5.41, 5.74) is 2.18. The van der Waals surface area contributed by atoms with Crippen LogP contribution in [0.25, 0.3) is 0 Å². The molecule has 2 fully saturated rings. The molecule has 0 bridgehead atoms. The Hall–Kier alpha value is -2.18. The molecule has 1 aromatic heterocycles. The van der Waals surface area contributed by atoms with Crippen molar-refractivity contribution in [1.29, 1.82) is 0 Å². The Morgan fingerprint density at radius 1 is 1.19 bits per heavy atom. The minimum absolute atomic E-state index is 0.0708. The van der Waals surface area contributed by atoms with E-state index in [1.165, 1.54) is 0 Å². The van der Waals surface area contributed by atoms with Crippen LogP contribution in [0.4, 0.5) is 0 Å². The van der Waals surface area contributed by atoms with Crippen molar-refractivity contribution in [2.45, 2.75) is 58.3 Å². The van der Waals surface area contributed by atoms with Crippen molar-refractivity contribution in [3.8, 4) is 11.5 Å². The summed E-state index contributed by atoms with van der Waals surface area (Å²) >= 11 is 0. The number of rotatable bonds is 3. The first kappa shape index (κ1) is 20.7. The highest BCUT2D eigenvalue weighted by Crippen LogP contribution is 2.57. The summed E-state index contributed by atoms with van der Waals surface area (Å²) in [6, 6.07) is 8.17. The highest BCUT2D eigenvalue weighted by Gasteiger charge is 2.53. The molecule has 166 valence electrons. The van der Waals surface area contributed by atoms with Crippen molar-refractivity contribution in [2.75, 3.05) is 26.8 Å². The van der Waals surface area contributed by atoms with Crippen LogP contribution in [0, 0.1) is 18.3 Å². The first-order valence-corrected chi connectivity index (χ1v) is 11.4. The number of hydrogen-bond donors (Lipinski definition) is 0. The van der Waals surface area contributed by atoms with Gasteiger partial charge in [0.05, 0.1) is 25.5 Å². The second-order valence-corrected chi connectivity index (χ2v) is 10.00. The monoisotopic (exact) mass is 423 g/mol. The van der Waals surface area contributed by atoms with Gasteiger partial charge in [0.25, 0.3) is 0 Å². The smallest absolute Gasteiger partial charge is 0.167 e. The zero-order valence-corrected chi connectivity index (χ0v) is 19.1. The Kier molecular flexibility index (Phi) is 5.18. The van der Waals surface area contributed by atoms with Gasteiger partial charge in [-0.25, -0.2) is 9.97 Å². The maximum Gasteiger partial charge on any atom is 0.167 e. The topological polar surface area (TPSA) is 56.7 Å². The molecule has 31 heavy (non-hydrogen) atoms. The molecular formula is C25H33N3O3. The molecule has 0 aliphatic carbocycles. The first-order chi connectivity index (χ1) is 14.9. The fraction of sp³-hybridized carbons (Fsp3) is 0.600. The van der Waals surface area contributed by atoms with Gasteiger partial charge in [0, 0.05) is 24.2 Å². The van der Waals surface area contributed by atoms with Crippen molar-refractivity contribution in [1.82, 2.24) is 14.9 Å². The summed E-state index contributed by atoms with van der Waals surface area (Å²) < 4.78 is 18.7. The van der Waals surface area contributed by atoms with E-state index in [9.17, 15) is 0 Å². The number of benzene rings is 1. The van der Waals surface area contributed by atoms with Crippen molar-refractivity contribution < 1.29 is 14.2 Å². The number of aryl methyl sites for hydroxylation is 1. The lowest BCUT2D eigenvalue weighted by molar-refractivity contribution is -0.175. The number of aromatic nitrogens is 2. The van der Waals surface area contributed by atoms with Crippen LogP contribution in [0.1, 0.15) is 56.3 Å². The molecule has 0 amide bonds. The average molecular weight is 424 g/mol. The minimum atomic E-state index is -0.296. The van der Waals surface area contributed by atoms with E-state index in [4.69, 9.17) is 14.2 Å². The Morgan fingerprint density at radius 3 is 2.74 bits per heavy atom. The molecule has 0 saturated carbocycles. The molecular weight excluding hydrogens is 390 g/mol. The van der Waals surface area contributed by atoms with Gasteiger partial charge < -0.3 is 14.2 Å². The summed E-state index contributed by atoms with van der Waals surface area (Å²) in [6.45, 7) is 10.2. The van der Waals surface area contributed by atoms with Crippen LogP contribution in [-0.2, 0) is 11.3 Å². The van der Waals surface area contributed by atoms with Crippen LogP contribution in [0.5, 0.6) is 11.5 Å². The molecule has 0 N–H and O–H groups in total. The van der Waals surface area contributed by atoms with E-state index < -0.39 is 0 Å². The van der Waals surface area contributed by atoms with Gasteiger partial charge in [-0.05, 0) is 70.7 Å². The molecule has 0 unspecified atom stereocenters. The Labute approximate surface area is 184 Å². The molecule has 2 saturated heterocycles. The minimum Gasteiger partial charge on any atom is -0.493 e. The predicted octanol–water partition coefficient (Wildman–Crippen LogP) is 4.32. The molecule has 6 heteroatoms. The van der Waals surface area contributed by atoms with Crippen LogP contribution in [0.15, 0.2) is 30.5 Å². The van der Waals surface area contributed by atoms with Crippen LogP contribution in [0.3, 0.4) is 0 Å². The van der Waals surface area contributed by atoms with Crippen molar-refractivity contribution in [3.05, 3.63) is 47.5 Å². The fourth-order valence-electron chi connectivity index (χ4n) is 5.65. The van der Waals surface area contributed by atoms with E-state index in [2.05, 4.69) is 34.8 Å². The van der Waals surface area contributed by atoms with Crippen LogP contribution < -0.4 is 9.47 Å². The van der Waals surface area contributed by atoms with Crippen molar-refractivity contribution >= 4 is 0 Å². The van der Waals surface area contributed by atoms with Gasteiger partial charge in [-0.15, -0.1) is 0 Å². The van der Waals surface area contributed by atoms with Crippen molar-refractivity contribution in [2.24, 2.45) is 11.3 Å². The van der Waals surface area contributed by atoms with Gasteiger partial charge in [0.1, 0.15) is 11.4 Å². The van der Waals surface area contributed by atoms with Gasteiger partial charge in [-0.2, -0.15) is 0 Å². The van der Waals surface area contributed by atoms with Gasteiger partial charge in [-0.3, -0.25) is 4.90 Å². The third-order valence-corrected chi connectivity index (χ3v) is 7.52. The number of fused-ring (bicyclic) bond motifs is 3. The standard InChI is InChI=1S/C25H33N3O3/c1-17-26-11-8-18(27-17)15-28-12-9-25(10-13-28)14-20-22(30-16-25)19-6-5-7-21(29-4)23(19)31-24(20,2)3/h5-8,11,20,22H,9-10,12-16H2,1-4H3/t20-,22+/m0/s1. The fourth-order valence-corrected chi connectivity index (χ4v) is 5.65. The van der Waals surface area contributed by atoms with E-state index in [1.54, 1.807) is 7.11 Å². The van der Waals surface area contributed by atoms with Gasteiger partial charge in [-0.1, -0.05) is 12.1 Å². The van der Waals surface area contributed by atoms with Crippen LogP contribution in [-0.4, -0.2) is 47.3 Å². The number of methoxy groups -OCH3 is 1. The number of para-hydroxylation sites is 1. The number of ether oxygens (including phenoxy) is 3. The van der Waals surface area contributed by atoms with E-state index in [0.29, 0.717) is 5.92 Å². The quantitative estimate of drug-likeness (QED) is 0.733. The number of hydrogen-bond acceptors (Lipinski definition) is 6. The summed E-state index contributed by atoms with van der Waals surface area (Å²) in [5.74, 6) is 2.81. The van der Waals surface area contributed by atoms with Gasteiger partial charge >= 0.3 is 0 Å². The molecule has 1 spiro atoms. The lowest BCUT2D eigenvalue weighted by atomic mass is 9.64. The number of piperidine rings is 1. The molecule has 5 rings (SSSR count). The molecule has 0 radical (unpaired) electrons. The molecule has 2 atom stereocenters. The summed E-state index contributed by atoms with van der Waals surface area (Å²) in [5, 5.41) is 0. The normalized spacial score (nSPS) is 26.6. The van der Waals surface area contributed by atoms with Crippen LogP contribution >= 0.6 is 0 Å². The predicted molar refractivity (Wildman–Crippen MR) is 118 cm³/mol. The SMILES string of the molecule is COc1cccc2c1OC(C)(C)[C@H]1CC3(CCN(Cc4ccnc(C)n4)CC3)CO[C@H]21. The Bertz CT molecular complexity index is 953. The van der Waals surface area contributed by atoms with E-state index in [0.717, 1.165) is 74.1 Å². The summed E-state index contributed by atoms with van der Waals surface area (Å²) in [6.07, 6.45) is 5.38.